The Morgan fingerprint density at radius 2 is 1.76 bits per heavy atom. The van der Waals surface area contributed by atoms with Crippen LogP contribution >= 0.6 is 22.6 Å². The van der Waals surface area contributed by atoms with Crippen LogP contribution in [0.15, 0.2) is 59.6 Å². The highest BCUT2D eigenvalue weighted by molar-refractivity contribution is 14.1. The first-order valence-corrected chi connectivity index (χ1v) is 8.72. The molecule has 3 rings (SSSR count). The van der Waals surface area contributed by atoms with Crippen LogP contribution in [-0.4, -0.2) is 19.5 Å². The molecule has 21 heavy (non-hydrogen) atoms. The molecule has 0 radical (unpaired) electrons. The van der Waals surface area contributed by atoms with Gasteiger partial charge in [-0.1, -0.05) is 30.3 Å². The van der Waals surface area contributed by atoms with E-state index in [0.717, 1.165) is 8.96 Å². The minimum absolute atomic E-state index is 0.254. The lowest BCUT2D eigenvalue weighted by atomic mass is 10.2. The molecular formula is C15H12INO3S. The lowest BCUT2D eigenvalue weighted by Crippen LogP contribution is -2.12. The van der Waals surface area contributed by atoms with Crippen molar-refractivity contribution in [3.63, 3.8) is 0 Å². The Morgan fingerprint density at radius 1 is 1.05 bits per heavy atom. The number of methoxy groups -OCH3 is 1. The summed E-state index contributed by atoms with van der Waals surface area (Å²) in [6, 6.07) is 13.9. The third-order valence-corrected chi connectivity index (χ3v) is 5.76. The molecule has 0 fully saturated rings. The Morgan fingerprint density at radius 3 is 2.43 bits per heavy atom. The molecule has 6 heteroatoms. The van der Waals surface area contributed by atoms with E-state index in [1.165, 1.54) is 11.1 Å². The first-order chi connectivity index (χ1) is 10.1. The molecule has 1 aromatic heterocycles. The van der Waals surface area contributed by atoms with Gasteiger partial charge in [-0.15, -0.1) is 0 Å². The lowest BCUT2D eigenvalue weighted by Gasteiger charge is -2.09. The number of hydrogen-bond acceptors (Lipinski definition) is 3. The summed E-state index contributed by atoms with van der Waals surface area (Å²) in [6.45, 7) is 0. The SMILES string of the molecule is COc1cccc2c(I)cn(S(=O)(=O)c3ccccc3)c12. The van der Waals surface area contributed by atoms with E-state index < -0.39 is 10.0 Å². The van der Waals surface area contributed by atoms with Crippen LogP contribution in [0, 0.1) is 3.57 Å². The second-order valence-corrected chi connectivity index (χ2v) is 7.42. The minimum atomic E-state index is -3.65. The average Bonchev–Trinajstić information content (AvgIpc) is 2.86. The van der Waals surface area contributed by atoms with Crippen LogP contribution in [-0.2, 0) is 10.0 Å². The van der Waals surface area contributed by atoms with E-state index >= 15 is 0 Å². The quantitative estimate of drug-likeness (QED) is 0.618. The molecule has 0 amide bonds. The van der Waals surface area contributed by atoms with E-state index in [9.17, 15) is 8.42 Å². The van der Waals surface area contributed by atoms with Crippen LogP contribution in [0.1, 0.15) is 0 Å². The first kappa shape index (κ1) is 14.4. The molecule has 0 aliphatic heterocycles. The van der Waals surface area contributed by atoms with E-state index in [1.807, 2.05) is 12.1 Å². The summed E-state index contributed by atoms with van der Waals surface area (Å²) >= 11 is 2.13. The van der Waals surface area contributed by atoms with E-state index in [1.54, 1.807) is 42.6 Å². The number of para-hydroxylation sites is 1. The zero-order chi connectivity index (χ0) is 15.0. The molecule has 0 bridgehead atoms. The van der Waals surface area contributed by atoms with E-state index in [4.69, 9.17) is 4.74 Å². The maximum Gasteiger partial charge on any atom is 0.268 e. The predicted molar refractivity (Wildman–Crippen MR) is 90.2 cm³/mol. The molecule has 0 aliphatic carbocycles. The zero-order valence-electron chi connectivity index (χ0n) is 11.2. The van der Waals surface area contributed by atoms with Gasteiger partial charge in [0.1, 0.15) is 11.3 Å². The number of rotatable bonds is 3. The Hall–Kier alpha value is -1.54. The van der Waals surface area contributed by atoms with Crippen molar-refractivity contribution in [1.29, 1.82) is 0 Å². The maximum absolute atomic E-state index is 12.8. The van der Waals surface area contributed by atoms with Gasteiger partial charge in [-0.2, -0.15) is 0 Å². The first-order valence-electron chi connectivity index (χ1n) is 6.20. The van der Waals surface area contributed by atoms with Crippen LogP contribution in [0.2, 0.25) is 0 Å². The van der Waals surface area contributed by atoms with Gasteiger partial charge in [0.2, 0.25) is 0 Å². The molecule has 2 aromatic carbocycles. The Balaban J connectivity index is 2.36. The van der Waals surface area contributed by atoms with Crippen molar-refractivity contribution in [2.24, 2.45) is 0 Å². The monoisotopic (exact) mass is 413 g/mol. The number of nitrogens with zero attached hydrogens (tertiary/aromatic N) is 1. The molecule has 0 N–H and O–H groups in total. The topological polar surface area (TPSA) is 48.3 Å². The van der Waals surface area contributed by atoms with Crippen molar-refractivity contribution in [1.82, 2.24) is 3.97 Å². The Bertz CT molecular complexity index is 901. The standard InChI is InChI=1S/C15H12INO3S/c1-20-14-9-5-8-12-13(16)10-17(15(12)14)21(18,19)11-6-3-2-4-7-11/h2-10H,1H3. The average molecular weight is 413 g/mol. The second-order valence-electron chi connectivity index (χ2n) is 4.45. The normalized spacial score (nSPS) is 11.7. The van der Waals surface area contributed by atoms with Gasteiger partial charge < -0.3 is 4.74 Å². The third kappa shape index (κ3) is 2.32. The molecule has 4 nitrogen and oxygen atoms in total. The molecule has 0 saturated heterocycles. The molecule has 0 unspecified atom stereocenters. The molecule has 108 valence electrons. The van der Waals surface area contributed by atoms with Crippen LogP contribution in [0.4, 0.5) is 0 Å². The number of hydrogen-bond donors (Lipinski definition) is 0. The second kappa shape index (κ2) is 5.34. The van der Waals surface area contributed by atoms with Crippen molar-refractivity contribution in [3.05, 3.63) is 58.3 Å². The number of ether oxygens (including phenoxy) is 1. The van der Waals surface area contributed by atoms with Gasteiger partial charge in [0.15, 0.2) is 0 Å². The van der Waals surface area contributed by atoms with Gasteiger partial charge in [-0.25, -0.2) is 12.4 Å². The fraction of sp³-hybridized carbons (Fsp3) is 0.0667. The Kier molecular flexibility index (Phi) is 3.66. The summed E-state index contributed by atoms with van der Waals surface area (Å²) in [5.74, 6) is 0.537. The van der Waals surface area contributed by atoms with Gasteiger partial charge in [0.05, 0.1) is 12.0 Å². The van der Waals surface area contributed by atoms with Crippen LogP contribution in [0.5, 0.6) is 5.75 Å². The van der Waals surface area contributed by atoms with Crippen molar-refractivity contribution in [3.8, 4) is 5.75 Å². The number of halogens is 1. The summed E-state index contributed by atoms with van der Waals surface area (Å²) in [6.07, 6.45) is 1.62. The summed E-state index contributed by atoms with van der Waals surface area (Å²) in [4.78, 5) is 0.254. The molecule has 0 aliphatic rings. The van der Waals surface area contributed by atoms with Gasteiger partial charge in [-0.3, -0.25) is 0 Å². The maximum atomic E-state index is 12.8. The van der Waals surface area contributed by atoms with Crippen molar-refractivity contribution in [2.45, 2.75) is 4.90 Å². The predicted octanol–water partition coefficient (Wildman–Crippen LogP) is 3.49. The fourth-order valence-corrected chi connectivity index (χ4v) is 4.54. The van der Waals surface area contributed by atoms with E-state index in [-0.39, 0.29) is 4.90 Å². The summed E-state index contributed by atoms with van der Waals surface area (Å²) in [5, 5.41) is 0.856. The highest BCUT2D eigenvalue weighted by Gasteiger charge is 2.22. The number of benzene rings is 2. The highest BCUT2D eigenvalue weighted by Crippen LogP contribution is 2.33. The van der Waals surface area contributed by atoms with Crippen LogP contribution < -0.4 is 4.74 Å². The highest BCUT2D eigenvalue weighted by atomic mass is 127. The molecule has 0 spiro atoms. The molecule has 0 atom stereocenters. The van der Waals surface area contributed by atoms with Gasteiger partial charge >= 0.3 is 0 Å². The molecular weight excluding hydrogens is 401 g/mol. The van der Waals surface area contributed by atoms with Crippen molar-refractivity contribution < 1.29 is 13.2 Å². The van der Waals surface area contributed by atoms with Gasteiger partial charge in [-0.05, 0) is 40.8 Å². The third-order valence-electron chi connectivity index (χ3n) is 3.23. The summed E-state index contributed by atoms with van der Waals surface area (Å²) in [7, 11) is -2.11. The van der Waals surface area contributed by atoms with Crippen LogP contribution in [0.3, 0.4) is 0 Å². The van der Waals surface area contributed by atoms with Crippen LogP contribution in [0.25, 0.3) is 10.9 Å². The zero-order valence-corrected chi connectivity index (χ0v) is 14.1. The fourth-order valence-electron chi connectivity index (χ4n) is 2.24. The van der Waals surface area contributed by atoms with Gasteiger partial charge in [0, 0.05) is 15.2 Å². The molecule has 0 saturated carbocycles. The summed E-state index contributed by atoms with van der Waals surface area (Å²) in [5.41, 5.74) is 0.563. The number of aromatic nitrogens is 1. The van der Waals surface area contributed by atoms with Crippen molar-refractivity contribution >= 4 is 43.5 Å². The lowest BCUT2D eigenvalue weighted by molar-refractivity contribution is 0.418. The molecule has 1 heterocycles. The van der Waals surface area contributed by atoms with Gasteiger partial charge in [0.25, 0.3) is 10.0 Å². The van der Waals surface area contributed by atoms with E-state index in [0.29, 0.717) is 11.3 Å². The minimum Gasteiger partial charge on any atom is -0.495 e. The Labute approximate surface area is 136 Å². The number of fused-ring (bicyclic) bond motifs is 1. The summed E-state index contributed by atoms with van der Waals surface area (Å²) < 4.78 is 33.1. The smallest absolute Gasteiger partial charge is 0.268 e. The van der Waals surface area contributed by atoms with Crippen molar-refractivity contribution in [2.75, 3.05) is 7.11 Å². The van der Waals surface area contributed by atoms with E-state index in [2.05, 4.69) is 22.6 Å². The largest absolute Gasteiger partial charge is 0.495 e. The molecule has 3 aromatic rings.